The summed E-state index contributed by atoms with van der Waals surface area (Å²) in [6, 6.07) is 5.40. The van der Waals surface area contributed by atoms with Crippen LogP contribution < -0.4 is 0 Å². The number of piperidine rings is 1. The first-order valence-corrected chi connectivity index (χ1v) is 9.45. The second-order valence-corrected chi connectivity index (χ2v) is 8.66. The smallest absolute Gasteiger partial charge is 0.224 e. The average Bonchev–Trinajstić information content (AvgIpc) is 2.39. The van der Waals surface area contributed by atoms with Crippen molar-refractivity contribution in [2.24, 2.45) is 0 Å². The van der Waals surface area contributed by atoms with Crippen LogP contribution in [0.1, 0.15) is 19.3 Å². The molecule has 0 spiro atoms. The number of nitrogens with zero attached hydrogens (tertiary/aromatic N) is 1. The van der Waals surface area contributed by atoms with E-state index in [9.17, 15) is 16.8 Å². The van der Waals surface area contributed by atoms with Gasteiger partial charge < -0.3 is 0 Å². The van der Waals surface area contributed by atoms with Crippen LogP contribution in [0.25, 0.3) is 0 Å². The van der Waals surface area contributed by atoms with E-state index >= 15 is 0 Å². The minimum atomic E-state index is -3.49. The van der Waals surface area contributed by atoms with Crippen molar-refractivity contribution >= 4 is 19.9 Å². The van der Waals surface area contributed by atoms with E-state index in [1.165, 1.54) is 28.6 Å². The molecular formula is C12H17NO4S2. The van der Waals surface area contributed by atoms with Crippen molar-refractivity contribution in [2.45, 2.75) is 29.1 Å². The van der Waals surface area contributed by atoms with Gasteiger partial charge in [0.1, 0.15) is 0 Å². The van der Waals surface area contributed by atoms with E-state index in [-0.39, 0.29) is 9.79 Å². The van der Waals surface area contributed by atoms with Gasteiger partial charge in [-0.15, -0.1) is 0 Å². The van der Waals surface area contributed by atoms with E-state index < -0.39 is 19.9 Å². The largest absolute Gasteiger partial charge is 0.243 e. The fourth-order valence-electron chi connectivity index (χ4n) is 2.11. The highest BCUT2D eigenvalue weighted by atomic mass is 32.2. The molecule has 106 valence electrons. The van der Waals surface area contributed by atoms with Gasteiger partial charge >= 0.3 is 0 Å². The zero-order valence-corrected chi connectivity index (χ0v) is 12.4. The first-order chi connectivity index (χ1) is 8.82. The number of benzene rings is 1. The maximum Gasteiger partial charge on any atom is 0.243 e. The fraction of sp³-hybridized carbons (Fsp3) is 0.500. The molecule has 7 heteroatoms. The van der Waals surface area contributed by atoms with Crippen LogP contribution in [0.2, 0.25) is 0 Å². The van der Waals surface area contributed by atoms with E-state index in [2.05, 4.69) is 0 Å². The van der Waals surface area contributed by atoms with Crippen molar-refractivity contribution in [3.05, 3.63) is 24.3 Å². The predicted molar refractivity (Wildman–Crippen MR) is 72.2 cm³/mol. The Bertz CT molecular complexity index is 641. The third-order valence-electron chi connectivity index (χ3n) is 3.20. The molecule has 19 heavy (non-hydrogen) atoms. The Hall–Kier alpha value is -0.920. The van der Waals surface area contributed by atoms with Crippen molar-refractivity contribution in [1.29, 1.82) is 0 Å². The molecular weight excluding hydrogens is 286 g/mol. The normalized spacial score (nSPS) is 18.4. The summed E-state index contributed by atoms with van der Waals surface area (Å²) < 4.78 is 48.8. The Labute approximate surface area is 114 Å². The summed E-state index contributed by atoms with van der Waals surface area (Å²) in [6.45, 7) is 1.08. The van der Waals surface area contributed by atoms with Crippen molar-refractivity contribution < 1.29 is 16.8 Å². The average molecular weight is 303 g/mol. The lowest BCUT2D eigenvalue weighted by atomic mass is 10.2. The second kappa shape index (κ2) is 5.22. The highest BCUT2D eigenvalue weighted by Gasteiger charge is 2.25. The Balaban J connectivity index is 2.31. The first-order valence-electron chi connectivity index (χ1n) is 6.12. The van der Waals surface area contributed by atoms with E-state index in [4.69, 9.17) is 0 Å². The molecule has 1 aromatic rings. The van der Waals surface area contributed by atoms with Gasteiger partial charge in [0.05, 0.1) is 9.79 Å². The zero-order chi connectivity index (χ0) is 14.1. The maximum absolute atomic E-state index is 12.3. The number of hydrogen-bond donors (Lipinski definition) is 0. The second-order valence-electron chi connectivity index (χ2n) is 4.71. The van der Waals surface area contributed by atoms with E-state index in [1.54, 1.807) is 0 Å². The maximum atomic E-state index is 12.3. The number of sulfonamides is 1. The van der Waals surface area contributed by atoms with Gasteiger partial charge in [-0.25, -0.2) is 16.8 Å². The highest BCUT2D eigenvalue weighted by molar-refractivity contribution is 7.90. The molecule has 0 saturated carbocycles. The summed E-state index contributed by atoms with van der Waals surface area (Å²) in [5.74, 6) is 0. The molecule has 5 nitrogen and oxygen atoms in total. The van der Waals surface area contributed by atoms with Crippen LogP contribution in [0, 0.1) is 0 Å². The van der Waals surface area contributed by atoms with Gasteiger partial charge in [0.2, 0.25) is 10.0 Å². The summed E-state index contributed by atoms with van der Waals surface area (Å²) in [5, 5.41) is 0. The van der Waals surface area contributed by atoms with Gasteiger partial charge in [0, 0.05) is 19.3 Å². The minimum absolute atomic E-state index is 0.130. The summed E-state index contributed by atoms with van der Waals surface area (Å²) in [5.41, 5.74) is 0. The Morgan fingerprint density at radius 3 is 1.79 bits per heavy atom. The van der Waals surface area contributed by atoms with Gasteiger partial charge in [0.25, 0.3) is 0 Å². The standard InChI is InChI=1S/C12H17NO4S2/c1-18(14,15)11-5-7-12(8-6-11)19(16,17)13-9-3-2-4-10-13/h5-8H,2-4,9-10H2,1H3. The predicted octanol–water partition coefficient (Wildman–Crippen LogP) is 1.26. The van der Waals surface area contributed by atoms with Crippen LogP contribution in [0.4, 0.5) is 0 Å². The van der Waals surface area contributed by atoms with Crippen LogP contribution in [0.5, 0.6) is 0 Å². The van der Waals surface area contributed by atoms with Crippen LogP contribution in [0.15, 0.2) is 34.1 Å². The molecule has 1 aliphatic rings. The molecule has 0 amide bonds. The molecule has 1 heterocycles. The number of rotatable bonds is 3. The molecule has 1 aliphatic heterocycles. The lowest BCUT2D eigenvalue weighted by molar-refractivity contribution is 0.346. The number of hydrogen-bond acceptors (Lipinski definition) is 4. The highest BCUT2D eigenvalue weighted by Crippen LogP contribution is 2.21. The molecule has 0 radical (unpaired) electrons. The SMILES string of the molecule is CS(=O)(=O)c1ccc(S(=O)(=O)N2CCCCC2)cc1. The van der Waals surface area contributed by atoms with E-state index in [1.807, 2.05) is 0 Å². The lowest BCUT2D eigenvalue weighted by Gasteiger charge is -2.25. The molecule has 1 aromatic carbocycles. The van der Waals surface area contributed by atoms with Crippen molar-refractivity contribution in [2.75, 3.05) is 19.3 Å². The molecule has 0 aliphatic carbocycles. The Kier molecular flexibility index (Phi) is 3.98. The molecule has 0 aromatic heterocycles. The third-order valence-corrected chi connectivity index (χ3v) is 6.25. The fourth-order valence-corrected chi connectivity index (χ4v) is 4.26. The first kappa shape index (κ1) is 14.5. The quantitative estimate of drug-likeness (QED) is 0.843. The van der Waals surface area contributed by atoms with Crippen molar-refractivity contribution in [1.82, 2.24) is 4.31 Å². The van der Waals surface area contributed by atoms with Crippen LogP contribution in [-0.4, -0.2) is 40.5 Å². The number of sulfone groups is 1. The molecule has 1 fully saturated rings. The molecule has 0 N–H and O–H groups in total. The van der Waals surface area contributed by atoms with Gasteiger partial charge in [0.15, 0.2) is 9.84 Å². The van der Waals surface area contributed by atoms with Gasteiger partial charge in [-0.1, -0.05) is 6.42 Å². The summed E-state index contributed by atoms with van der Waals surface area (Å²) in [4.78, 5) is 0.284. The zero-order valence-electron chi connectivity index (χ0n) is 10.7. The van der Waals surface area contributed by atoms with E-state index in [0.29, 0.717) is 13.1 Å². The van der Waals surface area contributed by atoms with Gasteiger partial charge in [-0.2, -0.15) is 4.31 Å². The summed E-state index contributed by atoms with van der Waals surface area (Å²) in [6.07, 6.45) is 3.90. The third kappa shape index (κ3) is 3.16. The van der Waals surface area contributed by atoms with Crippen LogP contribution in [-0.2, 0) is 19.9 Å². The van der Waals surface area contributed by atoms with Gasteiger partial charge in [-0.3, -0.25) is 0 Å². The van der Waals surface area contributed by atoms with E-state index in [0.717, 1.165) is 25.5 Å². The van der Waals surface area contributed by atoms with Crippen molar-refractivity contribution in [3.63, 3.8) is 0 Å². The Morgan fingerprint density at radius 1 is 0.842 bits per heavy atom. The van der Waals surface area contributed by atoms with Crippen molar-refractivity contribution in [3.8, 4) is 0 Å². The summed E-state index contributed by atoms with van der Waals surface area (Å²) in [7, 11) is -6.78. The van der Waals surface area contributed by atoms with Gasteiger partial charge in [-0.05, 0) is 37.1 Å². The summed E-state index contributed by atoms with van der Waals surface area (Å²) >= 11 is 0. The molecule has 0 unspecified atom stereocenters. The molecule has 0 atom stereocenters. The van der Waals surface area contributed by atoms with Crippen LogP contribution in [0.3, 0.4) is 0 Å². The minimum Gasteiger partial charge on any atom is -0.224 e. The molecule has 0 bridgehead atoms. The Morgan fingerprint density at radius 2 is 1.32 bits per heavy atom. The lowest BCUT2D eigenvalue weighted by Crippen LogP contribution is -2.35. The topological polar surface area (TPSA) is 71.5 Å². The molecule has 2 rings (SSSR count). The van der Waals surface area contributed by atoms with Crippen LogP contribution >= 0.6 is 0 Å². The molecule has 1 saturated heterocycles. The monoisotopic (exact) mass is 303 g/mol.